The van der Waals surface area contributed by atoms with Crippen LogP contribution in [0.4, 0.5) is 0 Å². The lowest BCUT2D eigenvalue weighted by Crippen LogP contribution is -2.14. The molecule has 1 heterocycles. The summed E-state index contributed by atoms with van der Waals surface area (Å²) in [5.41, 5.74) is 0.476. The molecule has 0 aliphatic rings. The molecule has 1 aromatic heterocycles. The van der Waals surface area contributed by atoms with Gasteiger partial charge in [0.2, 0.25) is 0 Å². The molecule has 1 atom stereocenters. The summed E-state index contributed by atoms with van der Waals surface area (Å²) in [6.45, 7) is -0.402. The summed E-state index contributed by atoms with van der Waals surface area (Å²) in [6, 6.07) is 15.8. The van der Waals surface area contributed by atoms with Crippen LogP contribution in [0, 0.1) is 0 Å². The van der Waals surface area contributed by atoms with E-state index in [1.54, 1.807) is 36.4 Å². The van der Waals surface area contributed by atoms with Crippen LogP contribution >= 0.6 is 0 Å². The summed E-state index contributed by atoms with van der Waals surface area (Å²) in [4.78, 5) is 37.3. The van der Waals surface area contributed by atoms with Gasteiger partial charge >= 0.3 is 11.9 Å². The Morgan fingerprint density at radius 3 is 2.26 bits per heavy atom. The quantitative estimate of drug-likeness (QED) is 0.301. The topological polar surface area (TPSA) is 142 Å². The number of methoxy groups -OCH3 is 3. The first kappa shape index (κ1) is 27.1. The average molecular weight is 535 g/mol. The number of benzene rings is 3. The molecule has 0 aliphatic heterocycles. The van der Waals surface area contributed by atoms with Gasteiger partial charge in [-0.25, -0.2) is 4.79 Å². The second-order valence-corrected chi connectivity index (χ2v) is 8.48. The number of carbonyl (C=O) groups excluding carboxylic acids is 2. The molecule has 4 aromatic rings. The van der Waals surface area contributed by atoms with Crippen LogP contribution < -0.4 is 14.9 Å². The van der Waals surface area contributed by atoms with E-state index >= 15 is 0 Å². The Balaban J connectivity index is 1.97. The maximum atomic E-state index is 13.1. The van der Waals surface area contributed by atoms with Crippen LogP contribution in [0.15, 0.2) is 69.9 Å². The summed E-state index contributed by atoms with van der Waals surface area (Å²) in [7, 11) is 3.87. The normalized spacial score (nSPS) is 11.6. The largest absolute Gasteiger partial charge is 0.507 e. The van der Waals surface area contributed by atoms with Crippen molar-refractivity contribution in [1.29, 1.82) is 0 Å². The zero-order valence-electron chi connectivity index (χ0n) is 21.4. The molecule has 0 aliphatic carbocycles. The third kappa shape index (κ3) is 5.64. The van der Waals surface area contributed by atoms with Gasteiger partial charge in [-0.1, -0.05) is 36.4 Å². The van der Waals surface area contributed by atoms with Crippen LogP contribution in [0.25, 0.3) is 22.3 Å². The van der Waals surface area contributed by atoms with Crippen LogP contribution in [0.1, 0.15) is 23.5 Å². The van der Waals surface area contributed by atoms with Gasteiger partial charge in [0.05, 0.1) is 27.8 Å². The first-order chi connectivity index (χ1) is 18.8. The molecule has 2 N–H and O–H groups in total. The lowest BCUT2D eigenvalue weighted by atomic mass is 9.86. The van der Waals surface area contributed by atoms with Crippen LogP contribution in [0.2, 0.25) is 0 Å². The Kier molecular flexibility index (Phi) is 8.04. The van der Waals surface area contributed by atoms with Gasteiger partial charge in [0.15, 0.2) is 23.5 Å². The third-order valence-electron chi connectivity index (χ3n) is 6.17. The lowest BCUT2D eigenvalue weighted by molar-refractivity contribution is -0.143. The van der Waals surface area contributed by atoms with E-state index in [0.717, 1.165) is 6.07 Å². The first-order valence-electron chi connectivity index (χ1n) is 11.8. The van der Waals surface area contributed by atoms with Gasteiger partial charge in [0.25, 0.3) is 0 Å². The zero-order valence-corrected chi connectivity index (χ0v) is 21.4. The highest BCUT2D eigenvalue weighted by Gasteiger charge is 2.29. The molecular formula is C29H26O10. The Morgan fingerprint density at radius 1 is 0.872 bits per heavy atom. The van der Waals surface area contributed by atoms with Crippen molar-refractivity contribution in [2.45, 2.75) is 12.3 Å². The van der Waals surface area contributed by atoms with Crippen LogP contribution in [-0.2, 0) is 19.1 Å². The minimum absolute atomic E-state index is 0.0761. The molecule has 39 heavy (non-hydrogen) atoms. The fourth-order valence-corrected chi connectivity index (χ4v) is 4.26. The average Bonchev–Trinajstić information content (AvgIpc) is 2.94. The van der Waals surface area contributed by atoms with Gasteiger partial charge in [-0.05, 0) is 17.7 Å². The molecule has 4 rings (SSSR count). The number of aromatic hydroxyl groups is 2. The fraction of sp³-hybridized carbons (Fsp3) is 0.207. The fourth-order valence-electron chi connectivity index (χ4n) is 4.26. The Labute approximate surface area is 222 Å². The highest BCUT2D eigenvalue weighted by atomic mass is 16.6. The molecule has 0 amide bonds. The molecular weight excluding hydrogens is 508 g/mol. The molecule has 0 unspecified atom stereocenters. The van der Waals surface area contributed by atoms with Crippen molar-refractivity contribution < 1.29 is 43.2 Å². The predicted molar refractivity (Wildman–Crippen MR) is 140 cm³/mol. The number of phenolic OH excluding ortho intramolecular Hbond substituents is 2. The summed E-state index contributed by atoms with van der Waals surface area (Å²) in [5.74, 6) is -2.38. The summed E-state index contributed by atoms with van der Waals surface area (Å²) in [5, 5.41) is 21.5. The van der Waals surface area contributed by atoms with Gasteiger partial charge in [-0.3, -0.25) is 9.59 Å². The van der Waals surface area contributed by atoms with Gasteiger partial charge in [-0.2, -0.15) is 0 Å². The van der Waals surface area contributed by atoms with Gasteiger partial charge in [0, 0.05) is 29.2 Å². The van der Waals surface area contributed by atoms with E-state index in [0.29, 0.717) is 16.9 Å². The highest BCUT2D eigenvalue weighted by Crippen LogP contribution is 2.44. The highest BCUT2D eigenvalue weighted by molar-refractivity contribution is 5.90. The number of esters is 2. The van der Waals surface area contributed by atoms with E-state index < -0.39 is 41.4 Å². The minimum Gasteiger partial charge on any atom is -0.507 e. The maximum absolute atomic E-state index is 13.1. The number of rotatable bonds is 9. The molecule has 0 fully saturated rings. The monoisotopic (exact) mass is 534 g/mol. The summed E-state index contributed by atoms with van der Waals surface area (Å²) in [6.07, 6.45) is -0.272. The second-order valence-electron chi connectivity index (χ2n) is 8.48. The smallest absolute Gasteiger partial charge is 0.343 e. The van der Waals surface area contributed by atoms with Gasteiger partial charge in [0.1, 0.15) is 28.2 Å². The van der Waals surface area contributed by atoms with Crippen molar-refractivity contribution in [3.63, 3.8) is 0 Å². The van der Waals surface area contributed by atoms with Crippen LogP contribution in [0.5, 0.6) is 23.0 Å². The minimum atomic E-state index is -0.930. The molecule has 0 spiro atoms. The summed E-state index contributed by atoms with van der Waals surface area (Å²) < 4.78 is 26.6. The van der Waals surface area contributed by atoms with E-state index in [1.165, 1.54) is 33.5 Å². The van der Waals surface area contributed by atoms with E-state index in [-0.39, 0.29) is 34.5 Å². The number of phenols is 2. The molecule has 0 bridgehead atoms. The first-order valence-corrected chi connectivity index (χ1v) is 11.8. The summed E-state index contributed by atoms with van der Waals surface area (Å²) >= 11 is 0. The molecule has 0 saturated heterocycles. The van der Waals surface area contributed by atoms with Crippen molar-refractivity contribution in [3.05, 3.63) is 82.0 Å². The van der Waals surface area contributed by atoms with Crippen molar-refractivity contribution in [2.75, 3.05) is 27.9 Å². The number of hydrogen-bond donors (Lipinski definition) is 2. The number of fused-ring (bicyclic) bond motifs is 1. The lowest BCUT2D eigenvalue weighted by Gasteiger charge is -2.21. The predicted octanol–water partition coefficient (Wildman–Crippen LogP) is 4.13. The van der Waals surface area contributed by atoms with Crippen molar-refractivity contribution in [1.82, 2.24) is 0 Å². The van der Waals surface area contributed by atoms with Gasteiger partial charge in [-0.15, -0.1) is 0 Å². The molecule has 0 radical (unpaired) electrons. The second kappa shape index (κ2) is 11.6. The van der Waals surface area contributed by atoms with Crippen LogP contribution in [-0.4, -0.2) is 50.1 Å². The van der Waals surface area contributed by atoms with E-state index in [9.17, 15) is 24.6 Å². The number of hydrogen-bond acceptors (Lipinski definition) is 10. The van der Waals surface area contributed by atoms with E-state index in [1.807, 2.05) is 6.07 Å². The Morgan fingerprint density at radius 2 is 1.59 bits per heavy atom. The molecule has 10 heteroatoms. The van der Waals surface area contributed by atoms with E-state index in [2.05, 4.69) is 4.74 Å². The molecule has 0 saturated carbocycles. The third-order valence-corrected chi connectivity index (χ3v) is 6.17. The van der Waals surface area contributed by atoms with Crippen molar-refractivity contribution >= 4 is 22.9 Å². The van der Waals surface area contributed by atoms with Crippen molar-refractivity contribution in [2.24, 2.45) is 0 Å². The van der Waals surface area contributed by atoms with Gasteiger partial charge < -0.3 is 33.6 Å². The number of ether oxygens (including phenoxy) is 4. The van der Waals surface area contributed by atoms with Crippen LogP contribution in [0.3, 0.4) is 0 Å². The molecule has 3 aromatic carbocycles. The Bertz CT molecular complexity index is 1570. The molecule has 202 valence electrons. The van der Waals surface area contributed by atoms with E-state index in [4.69, 9.17) is 18.6 Å². The zero-order chi connectivity index (χ0) is 28.1. The standard InChI is InChI=1S/C29H26O10/c1-35-22-10-9-17(11-24(22)38-15-26(34)37-3)18(12-25(33)36-2)27-19(30)13-20(31)28-21(32)14-23(39-29(27)28)16-7-5-4-6-8-16/h4-11,13-14,18,30-31H,12,15H2,1-3H3/t18-/m0/s1. The van der Waals surface area contributed by atoms with Crippen molar-refractivity contribution in [3.8, 4) is 34.3 Å². The SMILES string of the molecule is COC(=O)COc1cc([C@H](CC(=O)OC)c2c(O)cc(O)c3c(=O)cc(-c4ccccc4)oc23)ccc1OC. The number of carbonyl (C=O) groups is 2. The molecule has 10 nitrogen and oxygen atoms in total. The maximum Gasteiger partial charge on any atom is 0.343 e. The Hall–Kier alpha value is -4.99.